The Morgan fingerprint density at radius 3 is 1.51 bits per heavy atom. The van der Waals surface area contributed by atoms with Crippen molar-refractivity contribution in [2.75, 3.05) is 114 Å². The molecule has 0 aliphatic carbocycles. The van der Waals surface area contributed by atoms with E-state index in [9.17, 15) is 9.59 Å². The Balaban J connectivity index is 0.00000841. The van der Waals surface area contributed by atoms with E-state index < -0.39 is 12.1 Å². The van der Waals surface area contributed by atoms with Crippen LogP contribution >= 0.6 is 12.4 Å². The van der Waals surface area contributed by atoms with E-state index >= 15 is 0 Å². The van der Waals surface area contributed by atoms with Crippen molar-refractivity contribution in [3.8, 4) is 12.3 Å². The normalized spacial score (nSPS) is 15.6. The third-order valence-electron chi connectivity index (χ3n) is 14.3. The third kappa shape index (κ3) is 15.4. The summed E-state index contributed by atoms with van der Waals surface area (Å²) in [5.41, 5.74) is 18.3. The van der Waals surface area contributed by atoms with Crippen molar-refractivity contribution in [3.05, 3.63) is 95.8 Å². The number of nitrogens with two attached hydrogens (primary N) is 2. The zero-order chi connectivity index (χ0) is 55.3. The highest BCUT2D eigenvalue weighted by Crippen LogP contribution is 2.28. The molecule has 80 heavy (non-hydrogen) atoms. The Hall–Kier alpha value is -7.20. The van der Waals surface area contributed by atoms with E-state index in [4.69, 9.17) is 47.1 Å². The summed E-state index contributed by atoms with van der Waals surface area (Å²) >= 11 is 0. The second kappa shape index (κ2) is 28.3. The van der Waals surface area contributed by atoms with Crippen molar-refractivity contribution in [1.29, 1.82) is 0 Å². The van der Waals surface area contributed by atoms with E-state index in [-0.39, 0.29) is 42.9 Å². The number of aromatic amines is 2. The van der Waals surface area contributed by atoms with E-state index in [0.717, 1.165) is 46.0 Å². The fourth-order valence-corrected chi connectivity index (χ4v) is 10.2. The number of hydrogen-bond donors (Lipinski definition) is 5. The van der Waals surface area contributed by atoms with Crippen LogP contribution in [0.5, 0.6) is 0 Å². The van der Waals surface area contributed by atoms with Gasteiger partial charge in [-0.05, 0) is 59.7 Å². The van der Waals surface area contributed by atoms with Crippen LogP contribution < -0.4 is 26.6 Å². The minimum absolute atomic E-state index is 0. The zero-order valence-corrected chi connectivity index (χ0v) is 47.1. The van der Waals surface area contributed by atoms with Gasteiger partial charge in [0.25, 0.3) is 0 Å². The standard InChI is InChI=1S/C56H76N18O5.ClH/c1-6-24-77-26-28-79-29-27-78-25-15-59-54-62-55(71-20-16-69(17-21-71)52(75)50(34-42-32-40-11-7-9-13-46(40)60-42)73-36-48(65-67-73)44(57)30-38(2)3)64-56(63-54)72-22-18-70(19-23-72)53(76)51(35-43-33-41-12-8-10-14-47(41)61-43)74-37-49(66-68-74)45(58)31-39(4)5;/h1,7-14,32-33,36-39,44-45,50-51,60-61H,15-31,34-35,57-58H2,2-5H3,(H,59,62,63,64);1H/t44-,45-,50-,51+;/m0./s1. The van der Waals surface area contributed by atoms with E-state index in [2.05, 4.69) is 104 Å². The molecule has 0 radical (unpaired) electrons. The summed E-state index contributed by atoms with van der Waals surface area (Å²) in [6.07, 6.45) is 11.2. The van der Waals surface area contributed by atoms with Crippen LogP contribution in [0.2, 0.25) is 0 Å². The highest BCUT2D eigenvalue weighted by atomic mass is 35.5. The predicted octanol–water partition coefficient (Wildman–Crippen LogP) is 4.89. The molecule has 2 aromatic carbocycles. The first-order chi connectivity index (χ1) is 38.4. The molecule has 9 rings (SSSR count). The van der Waals surface area contributed by atoms with Gasteiger partial charge >= 0.3 is 0 Å². The predicted molar refractivity (Wildman–Crippen MR) is 309 cm³/mol. The quantitative estimate of drug-likeness (QED) is 0.0339. The number of piperazine rings is 2. The molecule has 2 saturated heterocycles. The van der Waals surface area contributed by atoms with E-state index in [0.29, 0.717) is 146 Å². The number of hydrogen-bond acceptors (Lipinski definition) is 17. The molecule has 7 N–H and O–H groups in total. The summed E-state index contributed by atoms with van der Waals surface area (Å²) in [6, 6.07) is 18.4. The summed E-state index contributed by atoms with van der Waals surface area (Å²) < 4.78 is 20.0. The molecule has 2 aliphatic heterocycles. The summed E-state index contributed by atoms with van der Waals surface area (Å²) in [4.78, 5) is 59.3. The number of para-hydroxylation sites is 2. The number of ether oxygens (including phenoxy) is 3. The third-order valence-corrected chi connectivity index (χ3v) is 14.3. The fraction of sp³-hybridized carbons (Fsp3) is 0.518. The van der Waals surface area contributed by atoms with E-state index in [1.54, 1.807) is 9.36 Å². The molecule has 5 aromatic heterocycles. The molecular formula is C56H77ClN18O5. The molecule has 7 heterocycles. The van der Waals surface area contributed by atoms with Gasteiger partial charge in [-0.1, -0.05) is 80.4 Å². The Labute approximate surface area is 473 Å². The van der Waals surface area contributed by atoms with Gasteiger partial charge < -0.3 is 60.6 Å². The molecule has 428 valence electrons. The van der Waals surface area contributed by atoms with Crippen molar-refractivity contribution >= 4 is 63.9 Å². The van der Waals surface area contributed by atoms with Gasteiger partial charge in [-0.15, -0.1) is 29.0 Å². The number of nitrogens with one attached hydrogen (secondary N) is 3. The van der Waals surface area contributed by atoms with Crippen LogP contribution in [0.4, 0.5) is 17.8 Å². The van der Waals surface area contributed by atoms with E-state index in [1.165, 1.54) is 0 Å². The second-order valence-electron chi connectivity index (χ2n) is 21.2. The van der Waals surface area contributed by atoms with Crippen LogP contribution in [0.3, 0.4) is 0 Å². The molecule has 24 heteroatoms. The van der Waals surface area contributed by atoms with Crippen molar-refractivity contribution in [2.45, 2.75) is 77.5 Å². The Kier molecular flexibility index (Phi) is 20.8. The molecule has 2 fully saturated rings. The van der Waals surface area contributed by atoms with Gasteiger partial charge in [-0.3, -0.25) is 9.59 Å². The number of aromatic nitrogens is 11. The molecule has 4 atom stereocenters. The maximum absolute atomic E-state index is 14.7. The summed E-state index contributed by atoms with van der Waals surface area (Å²) in [5, 5.41) is 23.4. The van der Waals surface area contributed by atoms with Gasteiger partial charge in [0, 0.05) is 94.2 Å². The molecule has 23 nitrogen and oxygen atoms in total. The summed E-state index contributed by atoms with van der Waals surface area (Å²) in [5.74, 6) is 4.39. The minimum atomic E-state index is -0.663. The Bertz CT molecular complexity index is 2870. The van der Waals surface area contributed by atoms with Gasteiger partial charge in [-0.2, -0.15) is 15.0 Å². The first kappa shape index (κ1) is 58.9. The van der Waals surface area contributed by atoms with Crippen LogP contribution in [0.15, 0.2) is 73.1 Å². The summed E-state index contributed by atoms with van der Waals surface area (Å²) in [7, 11) is 0. The number of anilines is 3. The van der Waals surface area contributed by atoms with Crippen LogP contribution in [0.1, 0.15) is 87.5 Å². The average molecular weight is 1120 g/mol. The van der Waals surface area contributed by atoms with Gasteiger partial charge in [0.05, 0.1) is 68.9 Å². The maximum Gasteiger partial charge on any atom is 0.248 e. The van der Waals surface area contributed by atoms with Gasteiger partial charge in [0.1, 0.15) is 18.7 Å². The molecule has 2 aliphatic rings. The van der Waals surface area contributed by atoms with E-state index in [1.807, 2.05) is 58.6 Å². The lowest BCUT2D eigenvalue weighted by molar-refractivity contribution is -0.136. The highest BCUT2D eigenvalue weighted by molar-refractivity contribution is 5.85. The number of rotatable bonds is 27. The zero-order valence-electron chi connectivity index (χ0n) is 46.3. The number of fused-ring (bicyclic) bond motifs is 2. The SMILES string of the molecule is C#CCOCCOCCOCCNc1nc(N2CCN(C(=O)[C@@H](Cc3cc4ccccc4[nH]3)n3cc([C@@H](N)CC(C)C)nn3)CC2)nc(N2CCN(C(=O)[C@H](Cc3cc4ccccc4[nH]3)n3cc([C@@H](N)CC(C)C)nn3)CC2)n1.Cl. The number of benzene rings is 2. The average Bonchev–Trinajstić information content (AvgIpc) is 4.30. The van der Waals surface area contributed by atoms with Crippen LogP contribution in [0, 0.1) is 24.2 Å². The number of halogens is 1. The van der Waals surface area contributed by atoms with Crippen LogP contribution in [0.25, 0.3) is 21.8 Å². The molecule has 0 saturated carbocycles. The largest absolute Gasteiger partial charge is 0.377 e. The lowest BCUT2D eigenvalue weighted by Gasteiger charge is -2.38. The molecular weight excluding hydrogens is 1040 g/mol. The van der Waals surface area contributed by atoms with Gasteiger partial charge in [-0.25, -0.2) is 9.36 Å². The lowest BCUT2D eigenvalue weighted by atomic mass is 10.0. The topological polar surface area (TPSA) is 271 Å². The molecule has 7 aromatic rings. The maximum atomic E-state index is 14.7. The second-order valence-corrected chi connectivity index (χ2v) is 21.2. The smallest absolute Gasteiger partial charge is 0.248 e. The van der Waals surface area contributed by atoms with Crippen molar-refractivity contribution < 1.29 is 23.8 Å². The van der Waals surface area contributed by atoms with Crippen molar-refractivity contribution in [1.82, 2.24) is 64.7 Å². The fourth-order valence-electron chi connectivity index (χ4n) is 10.2. The summed E-state index contributed by atoms with van der Waals surface area (Å²) in [6.45, 7) is 14.8. The Morgan fingerprint density at radius 2 is 1.07 bits per heavy atom. The molecule has 0 unspecified atom stereocenters. The van der Waals surface area contributed by atoms with Crippen molar-refractivity contribution in [3.63, 3.8) is 0 Å². The molecule has 2 amide bonds. The molecule has 0 spiro atoms. The lowest BCUT2D eigenvalue weighted by Crippen LogP contribution is -2.52. The minimum Gasteiger partial charge on any atom is -0.377 e. The number of nitrogens with zero attached hydrogens (tertiary/aromatic N) is 13. The van der Waals surface area contributed by atoms with Gasteiger partial charge in [0.2, 0.25) is 29.7 Å². The van der Waals surface area contributed by atoms with Crippen LogP contribution in [-0.4, -0.2) is 175 Å². The van der Waals surface area contributed by atoms with Crippen molar-refractivity contribution in [2.24, 2.45) is 23.3 Å². The number of amides is 2. The number of terminal acetylenes is 1. The van der Waals surface area contributed by atoms with Gasteiger partial charge in [0.15, 0.2) is 0 Å². The number of H-pyrrole nitrogens is 2. The number of carbonyl (C=O) groups excluding carboxylic acids is 2. The van der Waals surface area contributed by atoms with Crippen LogP contribution in [-0.2, 0) is 36.6 Å². The molecule has 0 bridgehead atoms. The Morgan fingerprint density at radius 1 is 0.637 bits per heavy atom. The monoisotopic (exact) mass is 1120 g/mol. The first-order valence-electron chi connectivity index (χ1n) is 27.6. The first-order valence-corrected chi connectivity index (χ1v) is 27.6. The highest BCUT2D eigenvalue weighted by Gasteiger charge is 2.34. The number of carbonyl (C=O) groups is 2.